The molecule has 3 aliphatic rings. The van der Waals surface area contributed by atoms with E-state index >= 15 is 0 Å². The molecule has 0 spiro atoms. The standard InChI is InChI=1S/C34H39N5O9S/c1-46-25-4-2-3-22(16-25)38-34(43)39-19-23-17-28(39)33(42)36-18-31-29(40)12-8-24(48-31)13-14-47-30-15-21(7-11-27(30)32(41)37-23)20-5-9-26(10-6-20)49(35,44)45/h2-7,9-11,15-16,23-24,28-29,31,40H,8,12-14,17-19H2,1H3,(H,36,42)(H,37,41)(H,38,43)(H2,35,44,45)/t23-,24-,28-,29-,31+/m0/s1. The number of hydrogen-bond donors (Lipinski definition) is 5. The van der Waals surface area contributed by atoms with Crippen LogP contribution in [0, 0.1) is 0 Å². The summed E-state index contributed by atoms with van der Waals surface area (Å²) in [5.74, 6) is -0.0336. The van der Waals surface area contributed by atoms with E-state index in [1.54, 1.807) is 54.6 Å². The molecule has 0 aromatic heterocycles. The first-order chi connectivity index (χ1) is 23.5. The van der Waals surface area contributed by atoms with E-state index < -0.39 is 52.2 Å². The second-order valence-electron chi connectivity index (χ2n) is 12.3. The number of likely N-dealkylation sites (tertiary alicyclic amines) is 1. The van der Waals surface area contributed by atoms with Gasteiger partial charge in [0.2, 0.25) is 15.9 Å². The number of urea groups is 1. The number of hydrogen-bond acceptors (Lipinski definition) is 9. The number of benzene rings is 3. The van der Waals surface area contributed by atoms with Crippen molar-refractivity contribution in [1.29, 1.82) is 0 Å². The van der Waals surface area contributed by atoms with Gasteiger partial charge in [0.25, 0.3) is 5.91 Å². The molecule has 6 N–H and O–H groups in total. The summed E-state index contributed by atoms with van der Waals surface area (Å²) in [4.78, 5) is 42.2. The number of methoxy groups -OCH3 is 1. The molecular weight excluding hydrogens is 654 g/mol. The van der Waals surface area contributed by atoms with Crippen LogP contribution in [0.15, 0.2) is 71.6 Å². The lowest BCUT2D eigenvalue weighted by atomic mass is 9.99. The van der Waals surface area contributed by atoms with Crippen molar-refractivity contribution in [3.8, 4) is 22.6 Å². The van der Waals surface area contributed by atoms with E-state index in [2.05, 4.69) is 16.0 Å². The second kappa shape index (κ2) is 14.4. The predicted octanol–water partition coefficient (Wildman–Crippen LogP) is 2.22. The van der Waals surface area contributed by atoms with Crippen LogP contribution in [0.3, 0.4) is 0 Å². The molecule has 0 radical (unpaired) electrons. The van der Waals surface area contributed by atoms with Crippen molar-refractivity contribution in [2.75, 3.05) is 32.1 Å². The van der Waals surface area contributed by atoms with Crippen molar-refractivity contribution < 1.29 is 42.1 Å². The summed E-state index contributed by atoms with van der Waals surface area (Å²) in [5.41, 5.74) is 2.08. The fourth-order valence-corrected chi connectivity index (χ4v) is 6.90. The van der Waals surface area contributed by atoms with Gasteiger partial charge in [-0.25, -0.2) is 18.4 Å². The molecule has 3 aliphatic heterocycles. The van der Waals surface area contributed by atoms with Gasteiger partial charge in [0.05, 0.1) is 36.4 Å². The Labute approximate surface area is 283 Å². The van der Waals surface area contributed by atoms with Crippen molar-refractivity contribution in [3.05, 3.63) is 72.3 Å². The van der Waals surface area contributed by atoms with Gasteiger partial charge in [0.1, 0.15) is 23.6 Å². The largest absolute Gasteiger partial charge is 0.497 e. The van der Waals surface area contributed by atoms with E-state index in [0.29, 0.717) is 47.6 Å². The maximum absolute atomic E-state index is 13.8. The van der Waals surface area contributed by atoms with Crippen molar-refractivity contribution >= 4 is 33.6 Å². The van der Waals surface area contributed by atoms with Crippen LogP contribution in [0.1, 0.15) is 36.0 Å². The zero-order chi connectivity index (χ0) is 34.7. The third-order valence-electron chi connectivity index (χ3n) is 9.02. The minimum Gasteiger partial charge on any atom is -0.497 e. The Hall–Kier alpha value is -4.70. The predicted molar refractivity (Wildman–Crippen MR) is 179 cm³/mol. The number of nitrogens with one attached hydrogen (secondary N) is 3. The van der Waals surface area contributed by atoms with Gasteiger partial charge in [-0.1, -0.05) is 24.3 Å². The van der Waals surface area contributed by atoms with Gasteiger partial charge in [-0.05, 0) is 66.8 Å². The number of fused-ring (bicyclic) bond motifs is 5. The van der Waals surface area contributed by atoms with Crippen molar-refractivity contribution in [1.82, 2.24) is 15.5 Å². The zero-order valence-corrected chi connectivity index (χ0v) is 27.6. The third-order valence-corrected chi connectivity index (χ3v) is 9.95. The van der Waals surface area contributed by atoms with Crippen LogP contribution in [0.4, 0.5) is 10.5 Å². The Balaban J connectivity index is 1.29. The average Bonchev–Trinajstić information content (AvgIpc) is 3.51. The topological polar surface area (TPSA) is 199 Å². The van der Waals surface area contributed by atoms with Gasteiger partial charge >= 0.3 is 6.03 Å². The van der Waals surface area contributed by atoms with Crippen LogP contribution in [0.25, 0.3) is 11.1 Å². The molecule has 260 valence electrons. The van der Waals surface area contributed by atoms with Crippen molar-refractivity contribution in [3.63, 3.8) is 0 Å². The molecule has 3 heterocycles. The summed E-state index contributed by atoms with van der Waals surface area (Å²) in [6.07, 6.45) is -0.0102. The molecule has 2 fully saturated rings. The highest BCUT2D eigenvalue weighted by Gasteiger charge is 2.41. The molecule has 3 aromatic carbocycles. The van der Waals surface area contributed by atoms with E-state index in [4.69, 9.17) is 19.3 Å². The minimum atomic E-state index is -3.87. The molecule has 0 unspecified atom stereocenters. The first kappa shape index (κ1) is 34.2. The molecule has 15 heteroatoms. The second-order valence-corrected chi connectivity index (χ2v) is 13.9. The number of aliphatic hydroxyl groups excluding tert-OH is 1. The maximum atomic E-state index is 13.8. The highest BCUT2D eigenvalue weighted by Crippen LogP contribution is 2.31. The van der Waals surface area contributed by atoms with Crippen LogP contribution in [-0.4, -0.2) is 93.5 Å². The van der Waals surface area contributed by atoms with Crippen LogP contribution in [-0.2, 0) is 19.6 Å². The number of rotatable bonds is 4. The summed E-state index contributed by atoms with van der Waals surface area (Å²) in [6.45, 7) is 0.305. The Morgan fingerprint density at radius 2 is 1.82 bits per heavy atom. The number of sulfonamides is 1. The number of carbonyl (C=O) groups is 3. The number of amides is 4. The molecule has 3 aromatic rings. The summed E-state index contributed by atoms with van der Waals surface area (Å²) in [7, 11) is -2.35. The molecular formula is C34H39N5O9S. The zero-order valence-electron chi connectivity index (χ0n) is 26.8. The molecule has 0 saturated carbocycles. The fourth-order valence-electron chi connectivity index (χ4n) is 6.38. The lowest BCUT2D eigenvalue weighted by molar-refractivity contribution is -0.133. The number of ether oxygens (including phenoxy) is 3. The molecule has 5 atom stereocenters. The lowest BCUT2D eigenvalue weighted by Gasteiger charge is -2.34. The molecule has 4 amide bonds. The number of nitrogens with two attached hydrogens (primary N) is 1. The number of nitrogens with zero attached hydrogens (tertiary/aromatic N) is 1. The van der Waals surface area contributed by atoms with Gasteiger partial charge in [0.15, 0.2) is 0 Å². The van der Waals surface area contributed by atoms with Crippen LogP contribution >= 0.6 is 0 Å². The number of carbonyl (C=O) groups excluding carboxylic acids is 3. The normalized spacial score (nSPS) is 24.6. The fraction of sp³-hybridized carbons (Fsp3) is 0.382. The van der Waals surface area contributed by atoms with Gasteiger partial charge in [-0.3, -0.25) is 9.59 Å². The summed E-state index contributed by atoms with van der Waals surface area (Å²) in [6, 6.07) is 15.9. The monoisotopic (exact) mass is 693 g/mol. The van der Waals surface area contributed by atoms with Gasteiger partial charge in [0, 0.05) is 37.3 Å². The lowest BCUT2D eigenvalue weighted by Crippen LogP contribution is -2.51. The van der Waals surface area contributed by atoms with E-state index in [0.717, 1.165) is 0 Å². The van der Waals surface area contributed by atoms with E-state index in [-0.39, 0.29) is 42.7 Å². The van der Waals surface area contributed by atoms with Crippen LogP contribution < -0.4 is 30.6 Å². The Morgan fingerprint density at radius 1 is 1.04 bits per heavy atom. The van der Waals surface area contributed by atoms with E-state index in [9.17, 15) is 27.9 Å². The SMILES string of the molecule is COc1cccc(NC(=O)N2C[C@@H]3C[C@H]2C(=O)NC[C@H]2O[C@H](CCOc4cc(-c5ccc(S(N)(=O)=O)cc5)ccc4C(=O)N3)CC[C@@H]2O)c1. The summed E-state index contributed by atoms with van der Waals surface area (Å²) < 4.78 is 41.1. The Bertz CT molecular complexity index is 1820. The summed E-state index contributed by atoms with van der Waals surface area (Å²) >= 11 is 0. The number of primary sulfonamides is 1. The molecule has 0 aliphatic carbocycles. The average molecular weight is 694 g/mol. The van der Waals surface area contributed by atoms with Crippen LogP contribution in [0.2, 0.25) is 0 Å². The van der Waals surface area contributed by atoms with Gasteiger partial charge in [-0.15, -0.1) is 0 Å². The number of aliphatic hydroxyl groups is 1. The molecule has 14 nitrogen and oxygen atoms in total. The van der Waals surface area contributed by atoms with E-state index in [1.807, 2.05) is 0 Å². The smallest absolute Gasteiger partial charge is 0.322 e. The molecule has 6 rings (SSSR count). The Morgan fingerprint density at radius 3 is 2.57 bits per heavy atom. The van der Waals surface area contributed by atoms with Crippen LogP contribution in [0.5, 0.6) is 11.5 Å². The maximum Gasteiger partial charge on any atom is 0.322 e. The quantitative estimate of drug-likeness (QED) is 0.272. The Kier molecular flexibility index (Phi) is 10.1. The molecule has 49 heavy (non-hydrogen) atoms. The molecule has 2 saturated heterocycles. The summed E-state index contributed by atoms with van der Waals surface area (Å²) in [5, 5.41) is 24.6. The third kappa shape index (κ3) is 7.96. The minimum absolute atomic E-state index is 0.0254. The van der Waals surface area contributed by atoms with Gasteiger partial charge in [-0.2, -0.15) is 0 Å². The first-order valence-electron chi connectivity index (χ1n) is 16.0. The number of anilines is 1. The van der Waals surface area contributed by atoms with Gasteiger partial charge < -0.3 is 40.2 Å². The van der Waals surface area contributed by atoms with Crippen molar-refractivity contribution in [2.45, 2.75) is 61.0 Å². The highest BCUT2D eigenvalue weighted by atomic mass is 32.2. The molecule has 4 bridgehead atoms. The first-order valence-corrected chi connectivity index (χ1v) is 17.6. The van der Waals surface area contributed by atoms with Crippen molar-refractivity contribution in [2.24, 2.45) is 5.14 Å². The highest BCUT2D eigenvalue weighted by molar-refractivity contribution is 7.89. The van der Waals surface area contributed by atoms with E-state index in [1.165, 1.54) is 24.1 Å².